The number of benzene rings is 3. The fraction of sp³-hybridized carbons (Fsp3) is 0.222. The number of fused-ring (bicyclic) bond motifs is 2. The first-order valence-electron chi connectivity index (χ1n) is 11.6. The number of halogens is 3. The number of para-hydroxylation sites is 1. The molecule has 2 aliphatic heterocycles. The molecule has 0 radical (unpaired) electrons. The summed E-state index contributed by atoms with van der Waals surface area (Å²) in [5.41, 5.74) is 2.35. The smallest absolute Gasteiger partial charge is 0.471 e. The van der Waals surface area contributed by atoms with Gasteiger partial charge in [0.1, 0.15) is 18.1 Å². The van der Waals surface area contributed by atoms with Crippen molar-refractivity contribution < 1.29 is 37.3 Å². The van der Waals surface area contributed by atoms with E-state index in [1.165, 1.54) is 18.2 Å². The number of hydrogen-bond donors (Lipinski definition) is 2. The molecule has 0 unspecified atom stereocenters. The summed E-state index contributed by atoms with van der Waals surface area (Å²) < 4.78 is 52.7. The van der Waals surface area contributed by atoms with Gasteiger partial charge in [-0.25, -0.2) is 0 Å². The van der Waals surface area contributed by atoms with Crippen LogP contribution in [0.5, 0.6) is 11.5 Å². The van der Waals surface area contributed by atoms with E-state index in [1.807, 2.05) is 6.07 Å². The van der Waals surface area contributed by atoms with Gasteiger partial charge in [0.05, 0.1) is 36.4 Å². The third-order valence-corrected chi connectivity index (χ3v) is 6.41. The highest BCUT2D eigenvalue weighted by atomic mass is 19.4. The van der Waals surface area contributed by atoms with Gasteiger partial charge in [-0.3, -0.25) is 14.5 Å². The van der Waals surface area contributed by atoms with Crippen molar-refractivity contribution in [1.82, 2.24) is 0 Å². The average molecular weight is 523 g/mol. The first-order chi connectivity index (χ1) is 18.2. The van der Waals surface area contributed by atoms with Gasteiger partial charge in [-0.05, 0) is 30.3 Å². The molecule has 5 rings (SSSR count). The summed E-state index contributed by atoms with van der Waals surface area (Å²) >= 11 is 0. The summed E-state index contributed by atoms with van der Waals surface area (Å²) in [6, 6.07) is 16.7. The van der Waals surface area contributed by atoms with Crippen molar-refractivity contribution in [2.75, 3.05) is 23.4 Å². The number of aliphatic carboxylic acids is 1. The summed E-state index contributed by atoms with van der Waals surface area (Å²) in [5.74, 6) is -3.00. The predicted molar refractivity (Wildman–Crippen MR) is 130 cm³/mol. The molecule has 2 heterocycles. The van der Waals surface area contributed by atoms with E-state index in [0.29, 0.717) is 38.7 Å². The van der Waals surface area contributed by atoms with Crippen LogP contribution in [0.1, 0.15) is 35.1 Å². The molecule has 0 aliphatic carbocycles. The zero-order chi connectivity index (χ0) is 27.0. The first kappa shape index (κ1) is 25.0. The molecule has 0 spiro atoms. The molecule has 3 aromatic carbocycles. The van der Waals surface area contributed by atoms with Crippen molar-refractivity contribution in [3.8, 4) is 17.6 Å². The Labute approximate surface area is 214 Å². The van der Waals surface area contributed by atoms with Gasteiger partial charge in [0, 0.05) is 34.5 Å². The van der Waals surface area contributed by atoms with Crippen LogP contribution in [0, 0.1) is 11.3 Å². The molecule has 11 heteroatoms. The van der Waals surface area contributed by atoms with Gasteiger partial charge in [0.15, 0.2) is 0 Å². The lowest BCUT2D eigenvalue weighted by atomic mass is 9.97. The van der Waals surface area contributed by atoms with Crippen LogP contribution in [-0.2, 0) is 9.59 Å². The molecule has 0 fully saturated rings. The molecule has 0 saturated heterocycles. The number of nitrogens with zero attached hydrogens (tertiary/aromatic N) is 2. The van der Waals surface area contributed by atoms with E-state index in [0.717, 1.165) is 0 Å². The van der Waals surface area contributed by atoms with E-state index in [1.54, 1.807) is 42.5 Å². The van der Waals surface area contributed by atoms with Crippen LogP contribution < -0.4 is 19.7 Å². The summed E-state index contributed by atoms with van der Waals surface area (Å²) in [5, 5.41) is 21.4. The Balaban J connectivity index is 1.51. The average Bonchev–Trinajstić information content (AvgIpc) is 3.48. The number of carbonyl (C=O) groups excluding carboxylic acids is 1. The molecular formula is C27H20F3N3O5. The monoisotopic (exact) mass is 523 g/mol. The van der Waals surface area contributed by atoms with E-state index in [4.69, 9.17) is 19.8 Å². The van der Waals surface area contributed by atoms with Crippen molar-refractivity contribution in [1.29, 1.82) is 5.26 Å². The molecule has 2 atom stereocenters. The van der Waals surface area contributed by atoms with Gasteiger partial charge < -0.3 is 19.9 Å². The number of carbonyl (C=O) groups is 2. The summed E-state index contributed by atoms with van der Waals surface area (Å²) in [4.78, 5) is 24.5. The molecule has 0 aromatic heterocycles. The van der Waals surface area contributed by atoms with Gasteiger partial charge in [0.2, 0.25) is 0 Å². The van der Waals surface area contributed by atoms with Gasteiger partial charge in [-0.1, -0.05) is 24.3 Å². The second-order valence-corrected chi connectivity index (χ2v) is 8.87. The molecular weight excluding hydrogens is 503 g/mol. The highest BCUT2D eigenvalue weighted by Crippen LogP contribution is 2.46. The van der Waals surface area contributed by atoms with E-state index in [9.17, 15) is 22.8 Å². The lowest BCUT2D eigenvalue weighted by molar-refractivity contribution is -0.171. The van der Waals surface area contributed by atoms with Crippen LogP contribution in [0.2, 0.25) is 0 Å². The number of amides is 1. The van der Waals surface area contributed by atoms with Crippen molar-refractivity contribution in [3.63, 3.8) is 0 Å². The number of carboxylic acid groups (broad SMARTS) is 1. The molecule has 194 valence electrons. The molecule has 2 aliphatic rings. The minimum Gasteiger partial charge on any atom is -0.493 e. The Morgan fingerprint density at radius 2 is 1.84 bits per heavy atom. The quantitative estimate of drug-likeness (QED) is 0.452. The third-order valence-electron chi connectivity index (χ3n) is 6.41. The number of alkyl halides is 3. The van der Waals surface area contributed by atoms with Crippen LogP contribution in [0.4, 0.5) is 30.2 Å². The van der Waals surface area contributed by atoms with Crippen LogP contribution in [0.3, 0.4) is 0 Å². The summed E-state index contributed by atoms with van der Waals surface area (Å²) in [6.07, 6.45) is -5.35. The fourth-order valence-electron chi connectivity index (χ4n) is 4.73. The third kappa shape index (κ3) is 4.68. The summed E-state index contributed by atoms with van der Waals surface area (Å²) in [7, 11) is 0. The Morgan fingerprint density at radius 1 is 1.05 bits per heavy atom. The summed E-state index contributed by atoms with van der Waals surface area (Å²) in [6.45, 7) is -0.149. The van der Waals surface area contributed by atoms with Crippen molar-refractivity contribution in [2.24, 2.45) is 0 Å². The lowest BCUT2D eigenvalue weighted by Crippen LogP contribution is -2.44. The number of nitrogens with one attached hydrogen (secondary N) is 1. The number of nitriles is 1. The van der Waals surface area contributed by atoms with Crippen molar-refractivity contribution in [2.45, 2.75) is 24.6 Å². The van der Waals surface area contributed by atoms with E-state index >= 15 is 0 Å². The topological polar surface area (TPSA) is 112 Å². The molecule has 38 heavy (non-hydrogen) atoms. The standard InChI is InChI=1S/C27H20F3N3O5/c28-27(29,30)26(36)33(18-7-8-19-16(10-24(34)35)13-37-23(19)11-18)22-14-38-25-20(22)5-2-6-21(25)32-17-4-1-3-15(9-17)12-31/h1-9,11,16,22,32H,10,13-14H2,(H,34,35)/t16-,22-/m1/s1. The van der Waals surface area contributed by atoms with Crippen LogP contribution in [0.25, 0.3) is 0 Å². The predicted octanol–water partition coefficient (Wildman–Crippen LogP) is 5.28. The van der Waals surface area contributed by atoms with Gasteiger partial charge in [-0.15, -0.1) is 0 Å². The molecule has 3 aromatic rings. The minimum absolute atomic E-state index is 0.0522. The van der Waals surface area contributed by atoms with Crippen LogP contribution in [0.15, 0.2) is 60.7 Å². The van der Waals surface area contributed by atoms with Gasteiger partial charge in [-0.2, -0.15) is 18.4 Å². The number of ether oxygens (including phenoxy) is 2. The maximum atomic E-state index is 13.8. The number of carboxylic acids is 1. The van der Waals surface area contributed by atoms with Crippen LogP contribution >= 0.6 is 0 Å². The normalized spacial score (nSPS) is 17.4. The SMILES string of the molecule is N#Cc1cccc(Nc2cccc3c2OC[C@H]3N(C(=O)C(F)(F)F)c2ccc3c(c2)OC[C@H]3CC(=O)O)c1. The Hall–Kier alpha value is -4.72. The van der Waals surface area contributed by atoms with Crippen LogP contribution in [-0.4, -0.2) is 36.4 Å². The number of rotatable bonds is 6. The van der Waals surface area contributed by atoms with Gasteiger partial charge in [0.25, 0.3) is 0 Å². The van der Waals surface area contributed by atoms with Crippen molar-refractivity contribution in [3.05, 3.63) is 77.4 Å². The lowest BCUT2D eigenvalue weighted by Gasteiger charge is -2.29. The van der Waals surface area contributed by atoms with E-state index < -0.39 is 30.0 Å². The number of anilines is 3. The highest BCUT2D eigenvalue weighted by molar-refractivity contribution is 5.98. The molecule has 1 amide bonds. The zero-order valence-corrected chi connectivity index (χ0v) is 19.7. The molecule has 8 nitrogen and oxygen atoms in total. The highest BCUT2D eigenvalue weighted by Gasteiger charge is 2.48. The molecule has 2 N–H and O–H groups in total. The second kappa shape index (κ2) is 9.63. The number of hydrogen-bond acceptors (Lipinski definition) is 6. The molecule has 0 saturated carbocycles. The first-order valence-corrected chi connectivity index (χ1v) is 11.6. The maximum absolute atomic E-state index is 13.8. The Morgan fingerprint density at radius 3 is 2.58 bits per heavy atom. The Bertz CT molecular complexity index is 1470. The second-order valence-electron chi connectivity index (χ2n) is 8.87. The Kier molecular flexibility index (Phi) is 6.32. The maximum Gasteiger partial charge on any atom is 0.471 e. The van der Waals surface area contributed by atoms with E-state index in [-0.39, 0.29) is 31.1 Å². The minimum atomic E-state index is -5.16. The molecule has 0 bridgehead atoms. The van der Waals surface area contributed by atoms with E-state index in [2.05, 4.69) is 5.32 Å². The largest absolute Gasteiger partial charge is 0.493 e. The zero-order valence-electron chi connectivity index (χ0n) is 19.7. The van der Waals surface area contributed by atoms with Crippen molar-refractivity contribution >= 4 is 28.9 Å². The fourth-order valence-corrected chi connectivity index (χ4v) is 4.73. The van der Waals surface area contributed by atoms with Gasteiger partial charge >= 0.3 is 18.1 Å².